The standard InChI is InChI=1S/C21H24Br2N2O/c22-17-11-15(12-18(23)13-17)14-26-20-6-5-16-3-1-2-4-19(16)21(20)25-9-7-24-8-10-25/h1-4,11-13,20-21,24H,5-10,14H2. The first kappa shape index (κ1) is 18.6. The predicted octanol–water partition coefficient (Wildman–Crippen LogP) is 4.69. The van der Waals surface area contributed by atoms with Gasteiger partial charge in [-0.1, -0.05) is 56.1 Å². The van der Waals surface area contributed by atoms with Gasteiger partial charge in [-0.2, -0.15) is 0 Å². The maximum atomic E-state index is 6.50. The van der Waals surface area contributed by atoms with Crippen LogP contribution >= 0.6 is 31.9 Å². The first-order valence-electron chi connectivity index (χ1n) is 9.30. The van der Waals surface area contributed by atoms with Crippen molar-refractivity contribution in [1.29, 1.82) is 0 Å². The van der Waals surface area contributed by atoms with Crippen molar-refractivity contribution in [3.8, 4) is 0 Å². The minimum atomic E-state index is 0.237. The van der Waals surface area contributed by atoms with Gasteiger partial charge in [0.05, 0.1) is 18.8 Å². The Labute approximate surface area is 172 Å². The lowest BCUT2D eigenvalue weighted by atomic mass is 9.84. The van der Waals surface area contributed by atoms with Crippen molar-refractivity contribution >= 4 is 31.9 Å². The molecule has 0 saturated carbocycles. The molecule has 4 rings (SSSR count). The van der Waals surface area contributed by atoms with Gasteiger partial charge >= 0.3 is 0 Å². The summed E-state index contributed by atoms with van der Waals surface area (Å²) < 4.78 is 8.66. The quantitative estimate of drug-likeness (QED) is 0.688. The van der Waals surface area contributed by atoms with Gasteiger partial charge in [0.1, 0.15) is 0 Å². The Kier molecular flexibility index (Phi) is 6.11. The Morgan fingerprint density at radius 2 is 1.77 bits per heavy atom. The van der Waals surface area contributed by atoms with Crippen LogP contribution in [0.3, 0.4) is 0 Å². The van der Waals surface area contributed by atoms with Crippen LogP contribution in [0.25, 0.3) is 0 Å². The number of benzene rings is 2. The summed E-state index contributed by atoms with van der Waals surface area (Å²) in [7, 11) is 0. The lowest BCUT2D eigenvalue weighted by molar-refractivity contribution is -0.0378. The van der Waals surface area contributed by atoms with Crippen LogP contribution in [0.2, 0.25) is 0 Å². The van der Waals surface area contributed by atoms with E-state index in [1.807, 2.05) is 0 Å². The molecule has 0 radical (unpaired) electrons. The summed E-state index contributed by atoms with van der Waals surface area (Å²) in [6.07, 6.45) is 2.42. The molecule has 2 unspecified atom stereocenters. The molecule has 2 aromatic rings. The number of fused-ring (bicyclic) bond motifs is 1. The number of halogens is 2. The SMILES string of the molecule is Brc1cc(Br)cc(COC2CCc3ccccc3C2N2CCNCC2)c1. The summed E-state index contributed by atoms with van der Waals surface area (Å²) >= 11 is 7.15. The van der Waals surface area contributed by atoms with Crippen LogP contribution in [0.5, 0.6) is 0 Å². The smallest absolute Gasteiger partial charge is 0.0779 e. The number of hydrogen-bond acceptors (Lipinski definition) is 3. The zero-order chi connectivity index (χ0) is 17.9. The molecule has 0 aromatic heterocycles. The van der Waals surface area contributed by atoms with Crippen LogP contribution in [-0.2, 0) is 17.8 Å². The van der Waals surface area contributed by atoms with Crippen LogP contribution in [0.4, 0.5) is 0 Å². The number of nitrogens with one attached hydrogen (secondary N) is 1. The normalized spacial score (nSPS) is 23.6. The molecule has 1 N–H and O–H groups in total. The van der Waals surface area contributed by atoms with Gasteiger partial charge in [0.2, 0.25) is 0 Å². The molecule has 2 aromatic carbocycles. The van der Waals surface area contributed by atoms with Gasteiger partial charge in [0.15, 0.2) is 0 Å². The summed E-state index contributed by atoms with van der Waals surface area (Å²) in [5.41, 5.74) is 4.14. The van der Waals surface area contributed by atoms with E-state index in [0.717, 1.165) is 48.0 Å². The molecule has 2 aliphatic rings. The van der Waals surface area contributed by atoms with Gasteiger partial charge in [-0.15, -0.1) is 0 Å². The number of ether oxygens (including phenoxy) is 1. The Hall–Kier alpha value is -0.720. The Morgan fingerprint density at radius 1 is 1.04 bits per heavy atom. The number of aryl methyl sites for hydroxylation is 1. The van der Waals surface area contributed by atoms with Gasteiger partial charge in [0, 0.05) is 35.1 Å². The summed E-state index contributed by atoms with van der Waals surface area (Å²) in [6.45, 7) is 4.93. The lowest BCUT2D eigenvalue weighted by Crippen LogP contribution is -2.49. The number of piperazine rings is 1. The minimum absolute atomic E-state index is 0.237. The third kappa shape index (κ3) is 4.23. The lowest BCUT2D eigenvalue weighted by Gasteiger charge is -2.42. The topological polar surface area (TPSA) is 24.5 Å². The van der Waals surface area contributed by atoms with Crippen LogP contribution in [0, 0.1) is 0 Å². The molecule has 1 fully saturated rings. The Balaban J connectivity index is 1.55. The van der Waals surface area contributed by atoms with Crippen molar-refractivity contribution < 1.29 is 4.74 Å². The highest BCUT2D eigenvalue weighted by molar-refractivity contribution is 9.11. The van der Waals surface area contributed by atoms with Crippen LogP contribution < -0.4 is 5.32 Å². The van der Waals surface area contributed by atoms with Gasteiger partial charge in [-0.05, 0) is 47.7 Å². The van der Waals surface area contributed by atoms with E-state index in [-0.39, 0.29) is 6.10 Å². The van der Waals surface area contributed by atoms with Crippen molar-refractivity contribution in [3.63, 3.8) is 0 Å². The second kappa shape index (κ2) is 8.53. The van der Waals surface area contributed by atoms with Crippen molar-refractivity contribution in [1.82, 2.24) is 10.2 Å². The van der Waals surface area contributed by atoms with Gasteiger partial charge in [-0.3, -0.25) is 4.90 Å². The van der Waals surface area contributed by atoms with Crippen LogP contribution in [0.15, 0.2) is 51.4 Å². The third-order valence-corrected chi connectivity index (χ3v) is 6.27. The van der Waals surface area contributed by atoms with E-state index in [4.69, 9.17) is 4.74 Å². The number of hydrogen-bond donors (Lipinski definition) is 1. The van der Waals surface area contributed by atoms with E-state index in [9.17, 15) is 0 Å². The minimum Gasteiger partial charge on any atom is -0.372 e. The number of rotatable bonds is 4. The summed E-state index contributed by atoms with van der Waals surface area (Å²) in [5.74, 6) is 0. The highest BCUT2D eigenvalue weighted by atomic mass is 79.9. The molecule has 0 amide bonds. The summed E-state index contributed by atoms with van der Waals surface area (Å²) in [4.78, 5) is 2.61. The molecule has 1 saturated heterocycles. The molecule has 0 spiro atoms. The van der Waals surface area contributed by atoms with Crippen molar-refractivity contribution in [2.24, 2.45) is 0 Å². The fourth-order valence-corrected chi connectivity index (χ4v) is 5.56. The molecule has 138 valence electrons. The van der Waals surface area contributed by atoms with E-state index in [0.29, 0.717) is 12.6 Å². The second-order valence-corrected chi connectivity index (χ2v) is 8.93. The van der Waals surface area contributed by atoms with Gasteiger partial charge in [-0.25, -0.2) is 0 Å². The fraction of sp³-hybridized carbons (Fsp3) is 0.429. The molecule has 1 heterocycles. The third-order valence-electron chi connectivity index (χ3n) is 5.36. The van der Waals surface area contributed by atoms with Crippen molar-refractivity contribution in [2.75, 3.05) is 26.2 Å². The van der Waals surface area contributed by atoms with E-state index >= 15 is 0 Å². The average molecular weight is 480 g/mol. The highest BCUT2D eigenvalue weighted by Crippen LogP contribution is 2.37. The van der Waals surface area contributed by atoms with E-state index in [1.54, 1.807) is 0 Å². The van der Waals surface area contributed by atoms with E-state index in [2.05, 4.69) is 84.5 Å². The molecule has 1 aliphatic heterocycles. The zero-order valence-corrected chi connectivity index (χ0v) is 17.9. The van der Waals surface area contributed by atoms with E-state index < -0.39 is 0 Å². The average Bonchev–Trinajstić information content (AvgIpc) is 2.66. The zero-order valence-electron chi connectivity index (χ0n) is 14.8. The summed E-state index contributed by atoms with van der Waals surface area (Å²) in [6, 6.07) is 15.6. The van der Waals surface area contributed by atoms with Crippen molar-refractivity contribution in [3.05, 3.63) is 68.1 Å². The van der Waals surface area contributed by atoms with Gasteiger partial charge < -0.3 is 10.1 Å². The molecular weight excluding hydrogens is 456 g/mol. The Morgan fingerprint density at radius 3 is 2.54 bits per heavy atom. The number of nitrogens with zero attached hydrogens (tertiary/aromatic N) is 1. The van der Waals surface area contributed by atoms with Crippen molar-refractivity contribution in [2.45, 2.75) is 31.6 Å². The first-order chi connectivity index (χ1) is 12.7. The monoisotopic (exact) mass is 478 g/mol. The molecule has 3 nitrogen and oxygen atoms in total. The van der Waals surface area contributed by atoms with Crippen LogP contribution in [-0.4, -0.2) is 37.2 Å². The maximum absolute atomic E-state index is 6.50. The van der Waals surface area contributed by atoms with Crippen LogP contribution in [0.1, 0.15) is 29.2 Å². The van der Waals surface area contributed by atoms with Gasteiger partial charge in [0.25, 0.3) is 0 Å². The van der Waals surface area contributed by atoms with E-state index in [1.165, 1.54) is 16.7 Å². The molecule has 26 heavy (non-hydrogen) atoms. The Bertz CT molecular complexity index is 741. The molecule has 2 atom stereocenters. The second-order valence-electron chi connectivity index (χ2n) is 7.10. The fourth-order valence-electron chi connectivity index (χ4n) is 4.17. The molecule has 5 heteroatoms. The largest absolute Gasteiger partial charge is 0.372 e. The predicted molar refractivity (Wildman–Crippen MR) is 112 cm³/mol. The molecule has 1 aliphatic carbocycles. The maximum Gasteiger partial charge on any atom is 0.0779 e. The first-order valence-corrected chi connectivity index (χ1v) is 10.9. The summed E-state index contributed by atoms with van der Waals surface area (Å²) in [5, 5.41) is 3.47. The molecule has 0 bridgehead atoms. The molecular formula is C21H24Br2N2O. The highest BCUT2D eigenvalue weighted by Gasteiger charge is 2.35.